The molecular formula is C28H43N3O4. The molecular weight excluding hydrogens is 442 g/mol. The number of nitrogens with one attached hydrogen (secondary N) is 2. The molecule has 3 atom stereocenters. The Morgan fingerprint density at radius 1 is 1.09 bits per heavy atom. The highest BCUT2D eigenvalue weighted by molar-refractivity contribution is 5.92. The van der Waals surface area contributed by atoms with Crippen molar-refractivity contribution in [2.45, 2.75) is 98.4 Å². The predicted molar refractivity (Wildman–Crippen MR) is 140 cm³/mol. The number of hydrogen-bond donors (Lipinski definition) is 2. The van der Waals surface area contributed by atoms with Gasteiger partial charge in [0.25, 0.3) is 0 Å². The first-order chi connectivity index (χ1) is 16.4. The Morgan fingerprint density at radius 2 is 1.69 bits per heavy atom. The maximum Gasteiger partial charge on any atom is 0.408 e. The van der Waals surface area contributed by atoms with Crippen LogP contribution in [0.15, 0.2) is 24.3 Å². The van der Waals surface area contributed by atoms with Gasteiger partial charge in [0, 0.05) is 18.2 Å². The van der Waals surface area contributed by atoms with Crippen LogP contribution in [0.2, 0.25) is 0 Å². The van der Waals surface area contributed by atoms with Gasteiger partial charge in [0.2, 0.25) is 11.8 Å². The summed E-state index contributed by atoms with van der Waals surface area (Å²) in [6, 6.07) is 5.09. The number of amides is 3. The van der Waals surface area contributed by atoms with Crippen molar-refractivity contribution in [2.24, 2.45) is 5.92 Å². The van der Waals surface area contributed by atoms with E-state index in [9.17, 15) is 14.4 Å². The molecule has 0 bridgehead atoms. The van der Waals surface area contributed by atoms with E-state index in [2.05, 4.69) is 16.6 Å². The van der Waals surface area contributed by atoms with E-state index in [1.807, 2.05) is 34.6 Å². The molecule has 0 heterocycles. The number of terminal acetylenes is 1. The van der Waals surface area contributed by atoms with Crippen molar-refractivity contribution < 1.29 is 19.1 Å². The van der Waals surface area contributed by atoms with Crippen molar-refractivity contribution in [1.29, 1.82) is 0 Å². The SMILES string of the molecule is C#Cc1ccc(C(C(=O)NCCCC)N(C(=O)C(NC(=O)OC(C)(C)C)C(C)C)C(C)CC)cc1. The van der Waals surface area contributed by atoms with Gasteiger partial charge in [-0.1, -0.05) is 52.2 Å². The molecule has 0 saturated heterocycles. The number of benzene rings is 1. The third-order valence-electron chi connectivity index (χ3n) is 5.67. The molecule has 7 nitrogen and oxygen atoms in total. The molecule has 2 N–H and O–H groups in total. The first kappa shape index (κ1) is 30.0. The smallest absolute Gasteiger partial charge is 0.408 e. The quantitative estimate of drug-likeness (QED) is 0.348. The highest BCUT2D eigenvalue weighted by Crippen LogP contribution is 2.27. The fourth-order valence-corrected chi connectivity index (χ4v) is 3.59. The standard InChI is InChI=1S/C28H43N3O4/c1-10-13-18-29-25(32)24(22-16-14-21(12-3)15-17-22)31(20(6)11-2)26(33)23(19(4)5)30-27(34)35-28(7,8)9/h3,14-17,19-20,23-24H,10-11,13,18H2,1-2,4-9H3,(H,29,32)(H,30,34). The lowest BCUT2D eigenvalue weighted by Crippen LogP contribution is -2.57. The zero-order valence-electron chi connectivity index (χ0n) is 22.6. The monoisotopic (exact) mass is 485 g/mol. The van der Waals surface area contributed by atoms with Gasteiger partial charge in [-0.15, -0.1) is 6.42 Å². The number of carbonyl (C=O) groups excluding carboxylic acids is 3. The molecule has 0 radical (unpaired) electrons. The summed E-state index contributed by atoms with van der Waals surface area (Å²) in [5.74, 6) is 1.75. The Hall–Kier alpha value is -3.01. The van der Waals surface area contributed by atoms with Crippen molar-refractivity contribution >= 4 is 17.9 Å². The number of hydrogen-bond acceptors (Lipinski definition) is 4. The van der Waals surface area contributed by atoms with Gasteiger partial charge in [-0.3, -0.25) is 9.59 Å². The zero-order valence-corrected chi connectivity index (χ0v) is 22.6. The van der Waals surface area contributed by atoms with E-state index in [0.29, 0.717) is 24.1 Å². The van der Waals surface area contributed by atoms with Crippen molar-refractivity contribution in [1.82, 2.24) is 15.5 Å². The average Bonchev–Trinajstić information content (AvgIpc) is 2.79. The minimum absolute atomic E-state index is 0.228. The fraction of sp³-hybridized carbons (Fsp3) is 0.607. The minimum atomic E-state index is -0.872. The maximum absolute atomic E-state index is 14.0. The Labute approximate surface area is 211 Å². The molecule has 0 aliphatic carbocycles. The van der Waals surface area contributed by atoms with Crippen LogP contribution < -0.4 is 10.6 Å². The highest BCUT2D eigenvalue weighted by atomic mass is 16.6. The summed E-state index contributed by atoms with van der Waals surface area (Å²) in [6.07, 6.45) is 7.24. The fourth-order valence-electron chi connectivity index (χ4n) is 3.59. The molecule has 1 aromatic rings. The van der Waals surface area contributed by atoms with E-state index in [0.717, 1.165) is 12.8 Å². The van der Waals surface area contributed by atoms with Crippen LogP contribution in [0.3, 0.4) is 0 Å². The van der Waals surface area contributed by atoms with Gasteiger partial charge in [-0.25, -0.2) is 4.79 Å². The predicted octanol–water partition coefficient (Wildman–Crippen LogP) is 4.80. The second-order valence-electron chi connectivity index (χ2n) is 10.2. The van der Waals surface area contributed by atoms with Crippen LogP contribution in [-0.4, -0.2) is 47.0 Å². The zero-order chi connectivity index (χ0) is 26.8. The van der Waals surface area contributed by atoms with Crippen LogP contribution in [0.5, 0.6) is 0 Å². The topological polar surface area (TPSA) is 87.7 Å². The lowest BCUT2D eigenvalue weighted by molar-refractivity contribution is -0.146. The first-order valence-electron chi connectivity index (χ1n) is 12.5. The second kappa shape index (κ2) is 13.8. The van der Waals surface area contributed by atoms with Gasteiger partial charge in [-0.2, -0.15) is 0 Å². The number of alkyl carbamates (subject to hydrolysis) is 1. The molecule has 0 saturated carbocycles. The Balaban J connectivity index is 3.47. The van der Waals surface area contributed by atoms with Crippen molar-refractivity contribution in [3.8, 4) is 12.3 Å². The first-order valence-corrected chi connectivity index (χ1v) is 12.5. The van der Waals surface area contributed by atoms with Crippen molar-refractivity contribution in [2.75, 3.05) is 6.54 Å². The van der Waals surface area contributed by atoms with Gasteiger partial charge >= 0.3 is 6.09 Å². The largest absolute Gasteiger partial charge is 0.444 e. The van der Waals surface area contributed by atoms with Crippen LogP contribution in [0, 0.1) is 18.3 Å². The van der Waals surface area contributed by atoms with E-state index in [1.54, 1.807) is 49.9 Å². The van der Waals surface area contributed by atoms with Crippen LogP contribution in [0.1, 0.15) is 91.8 Å². The number of nitrogens with zero attached hydrogens (tertiary/aromatic N) is 1. The van der Waals surface area contributed by atoms with E-state index < -0.39 is 23.8 Å². The molecule has 0 aliphatic rings. The maximum atomic E-state index is 14.0. The van der Waals surface area contributed by atoms with E-state index in [-0.39, 0.29) is 23.8 Å². The van der Waals surface area contributed by atoms with Gasteiger partial charge in [0.1, 0.15) is 17.7 Å². The van der Waals surface area contributed by atoms with E-state index in [1.165, 1.54) is 0 Å². The molecule has 0 aromatic heterocycles. The summed E-state index contributed by atoms with van der Waals surface area (Å²) in [7, 11) is 0. The molecule has 0 aliphatic heterocycles. The molecule has 35 heavy (non-hydrogen) atoms. The molecule has 1 rings (SSSR count). The van der Waals surface area contributed by atoms with Gasteiger partial charge in [0.05, 0.1) is 0 Å². The van der Waals surface area contributed by atoms with Crippen LogP contribution in [0.4, 0.5) is 4.79 Å². The lowest BCUT2D eigenvalue weighted by atomic mass is 9.96. The normalized spacial score (nSPS) is 13.8. The minimum Gasteiger partial charge on any atom is -0.444 e. The van der Waals surface area contributed by atoms with E-state index in [4.69, 9.17) is 11.2 Å². The highest BCUT2D eigenvalue weighted by Gasteiger charge is 2.39. The molecule has 3 unspecified atom stereocenters. The molecule has 7 heteroatoms. The number of rotatable bonds is 11. The van der Waals surface area contributed by atoms with Crippen molar-refractivity contribution in [3.63, 3.8) is 0 Å². The Bertz CT molecular complexity index is 881. The molecule has 194 valence electrons. The summed E-state index contributed by atoms with van der Waals surface area (Å²) in [6.45, 7) is 15.4. The lowest BCUT2D eigenvalue weighted by Gasteiger charge is -2.39. The molecule has 0 spiro atoms. The number of ether oxygens (including phenoxy) is 1. The third-order valence-corrected chi connectivity index (χ3v) is 5.67. The number of carbonyl (C=O) groups is 3. The van der Waals surface area contributed by atoms with E-state index >= 15 is 0 Å². The molecule has 3 amide bonds. The van der Waals surface area contributed by atoms with Crippen molar-refractivity contribution in [3.05, 3.63) is 35.4 Å². The second-order valence-corrected chi connectivity index (χ2v) is 10.2. The Morgan fingerprint density at radius 3 is 2.14 bits per heavy atom. The van der Waals surface area contributed by atoms with Crippen LogP contribution in [0.25, 0.3) is 0 Å². The summed E-state index contributed by atoms with van der Waals surface area (Å²) >= 11 is 0. The van der Waals surface area contributed by atoms with Gasteiger partial charge in [-0.05, 0) is 64.2 Å². The van der Waals surface area contributed by atoms with Gasteiger partial charge < -0.3 is 20.3 Å². The Kier molecular flexibility index (Phi) is 11.8. The molecule has 1 aromatic carbocycles. The summed E-state index contributed by atoms with van der Waals surface area (Å²) < 4.78 is 5.40. The van der Waals surface area contributed by atoms with Gasteiger partial charge in [0.15, 0.2) is 0 Å². The summed E-state index contributed by atoms with van der Waals surface area (Å²) in [5, 5.41) is 5.72. The number of unbranched alkanes of at least 4 members (excludes halogenated alkanes) is 1. The van der Waals surface area contributed by atoms with Crippen LogP contribution in [-0.2, 0) is 14.3 Å². The van der Waals surface area contributed by atoms with Crippen LogP contribution >= 0.6 is 0 Å². The molecule has 0 fully saturated rings. The summed E-state index contributed by atoms with van der Waals surface area (Å²) in [5.41, 5.74) is 0.643. The average molecular weight is 486 g/mol. The third kappa shape index (κ3) is 9.28. The summed E-state index contributed by atoms with van der Waals surface area (Å²) in [4.78, 5) is 41.6.